The van der Waals surface area contributed by atoms with Crippen LogP contribution in [0.3, 0.4) is 0 Å². The van der Waals surface area contributed by atoms with Crippen molar-refractivity contribution in [3.63, 3.8) is 0 Å². The van der Waals surface area contributed by atoms with Gasteiger partial charge in [0.05, 0.1) is 6.04 Å². The number of amides is 3. The summed E-state index contributed by atoms with van der Waals surface area (Å²) in [7, 11) is 0. The first-order chi connectivity index (χ1) is 5.86. The summed E-state index contributed by atoms with van der Waals surface area (Å²) in [5.74, 6) is -2.69. The molecular weight excluding hydrogens is 176 g/mol. The van der Waals surface area contributed by atoms with Crippen LogP contribution in [0.25, 0.3) is 0 Å². The molecule has 0 aliphatic heterocycles. The fraction of sp³-hybridized carbons (Fsp3) is 0.500. The van der Waals surface area contributed by atoms with Crippen molar-refractivity contribution in [2.24, 2.45) is 17.2 Å². The average molecular weight is 188 g/mol. The van der Waals surface area contributed by atoms with Crippen molar-refractivity contribution in [3.05, 3.63) is 0 Å². The molecule has 0 rings (SSSR count). The molecule has 13 heavy (non-hydrogen) atoms. The van der Waals surface area contributed by atoms with Crippen molar-refractivity contribution < 1.29 is 14.4 Å². The van der Waals surface area contributed by atoms with Gasteiger partial charge in [-0.3, -0.25) is 14.4 Å². The smallest absolute Gasteiger partial charge is 0.249 e. The molecule has 0 aromatic rings. The number of hydrogen-bond acceptors (Lipinski definition) is 4. The van der Waals surface area contributed by atoms with E-state index in [-0.39, 0.29) is 0 Å². The number of rotatable bonds is 4. The number of hydrogen-bond donors (Lipinski definition) is 4. The molecule has 0 saturated heterocycles. The summed E-state index contributed by atoms with van der Waals surface area (Å²) in [5, 5.41) is 2.00. The largest absolute Gasteiger partial charge is 0.367 e. The predicted octanol–water partition coefficient (Wildman–Crippen LogP) is -3.21. The molecule has 74 valence electrons. The Morgan fingerprint density at radius 2 is 1.54 bits per heavy atom. The van der Waals surface area contributed by atoms with Crippen molar-refractivity contribution >= 4 is 17.7 Å². The lowest BCUT2D eigenvalue weighted by Gasteiger charge is -2.13. The molecule has 0 aliphatic rings. The van der Waals surface area contributed by atoms with E-state index in [2.05, 4.69) is 0 Å². The third kappa shape index (κ3) is 3.52. The summed E-state index contributed by atoms with van der Waals surface area (Å²) in [6.45, 7) is 1.40. The highest BCUT2D eigenvalue weighted by molar-refractivity contribution is 6.06. The maximum Gasteiger partial charge on any atom is 0.249 e. The number of primary amides is 2. The van der Waals surface area contributed by atoms with Gasteiger partial charge in [-0.15, -0.1) is 0 Å². The molecule has 7 N–H and O–H groups in total. The summed E-state index contributed by atoms with van der Waals surface area (Å²) >= 11 is 0. The van der Waals surface area contributed by atoms with Crippen LogP contribution < -0.4 is 22.5 Å². The number of nitrogens with two attached hydrogens (primary N) is 3. The van der Waals surface area contributed by atoms with Gasteiger partial charge >= 0.3 is 0 Å². The lowest BCUT2D eigenvalue weighted by molar-refractivity contribution is -0.134. The first-order valence-electron chi connectivity index (χ1n) is 3.51. The molecule has 0 aromatic carbocycles. The van der Waals surface area contributed by atoms with E-state index in [1.54, 1.807) is 0 Å². The van der Waals surface area contributed by atoms with E-state index in [9.17, 15) is 14.4 Å². The van der Waals surface area contributed by atoms with Gasteiger partial charge < -0.3 is 22.5 Å². The van der Waals surface area contributed by atoms with Gasteiger partial charge in [0.1, 0.15) is 0 Å². The Balaban J connectivity index is 4.36. The van der Waals surface area contributed by atoms with Crippen LogP contribution in [0.2, 0.25) is 0 Å². The quantitative estimate of drug-likeness (QED) is 0.344. The van der Waals surface area contributed by atoms with Crippen molar-refractivity contribution in [2.45, 2.75) is 19.0 Å². The van der Waals surface area contributed by atoms with Crippen LogP contribution >= 0.6 is 0 Å². The number of nitrogens with one attached hydrogen (secondary N) is 1. The highest BCUT2D eigenvalue weighted by Crippen LogP contribution is 1.83. The van der Waals surface area contributed by atoms with E-state index in [1.165, 1.54) is 6.92 Å². The first kappa shape index (κ1) is 11.4. The van der Waals surface area contributed by atoms with Crippen molar-refractivity contribution in [1.82, 2.24) is 5.32 Å². The van der Waals surface area contributed by atoms with Crippen LogP contribution in [0, 0.1) is 0 Å². The highest BCUT2D eigenvalue weighted by Gasteiger charge is 2.24. The molecule has 0 bridgehead atoms. The van der Waals surface area contributed by atoms with Gasteiger partial charge in [0, 0.05) is 0 Å². The zero-order valence-corrected chi connectivity index (χ0v) is 7.11. The molecule has 0 aromatic heterocycles. The molecule has 0 aliphatic carbocycles. The van der Waals surface area contributed by atoms with E-state index in [0.717, 1.165) is 0 Å². The van der Waals surface area contributed by atoms with Crippen molar-refractivity contribution in [1.29, 1.82) is 0 Å². The van der Waals surface area contributed by atoms with Crippen LogP contribution in [0.5, 0.6) is 0 Å². The predicted molar refractivity (Wildman–Crippen MR) is 44.0 cm³/mol. The minimum Gasteiger partial charge on any atom is -0.367 e. The van der Waals surface area contributed by atoms with Gasteiger partial charge in [0.25, 0.3) is 0 Å². The third-order valence-electron chi connectivity index (χ3n) is 1.27. The standard InChI is InChI=1S/C6H12N4O3/c1-2(7)6(13)10-3(4(8)11)5(9)12/h2-3H,7H2,1H3,(H2,8,11)(H2,9,12)(H,10,13). The average Bonchev–Trinajstić information content (AvgIpc) is 1.97. The van der Waals surface area contributed by atoms with Crippen molar-refractivity contribution in [3.8, 4) is 0 Å². The van der Waals surface area contributed by atoms with Crippen LogP contribution in [-0.4, -0.2) is 29.8 Å². The maximum atomic E-state index is 10.9. The summed E-state index contributed by atoms with van der Waals surface area (Å²) < 4.78 is 0. The minimum atomic E-state index is -1.50. The monoisotopic (exact) mass is 188 g/mol. The summed E-state index contributed by atoms with van der Waals surface area (Å²) in [5.41, 5.74) is 14.7. The molecular formula is C6H12N4O3. The number of carbonyl (C=O) groups is 3. The van der Waals surface area contributed by atoms with E-state index in [0.29, 0.717) is 0 Å². The zero-order chi connectivity index (χ0) is 10.6. The molecule has 0 heterocycles. The van der Waals surface area contributed by atoms with Gasteiger partial charge in [0.2, 0.25) is 17.7 Å². The Hall–Kier alpha value is -1.63. The maximum absolute atomic E-state index is 10.9. The van der Waals surface area contributed by atoms with Crippen LogP contribution in [0.1, 0.15) is 6.92 Å². The van der Waals surface area contributed by atoms with E-state index in [4.69, 9.17) is 17.2 Å². The van der Waals surface area contributed by atoms with E-state index < -0.39 is 29.8 Å². The fourth-order valence-corrected chi connectivity index (χ4v) is 0.556. The second kappa shape index (κ2) is 4.41. The molecule has 0 saturated carbocycles. The summed E-state index contributed by atoms with van der Waals surface area (Å²) in [6.07, 6.45) is 0. The first-order valence-corrected chi connectivity index (χ1v) is 3.51. The molecule has 0 spiro atoms. The third-order valence-corrected chi connectivity index (χ3v) is 1.27. The molecule has 3 amide bonds. The fourth-order valence-electron chi connectivity index (χ4n) is 0.556. The van der Waals surface area contributed by atoms with Gasteiger partial charge in [-0.1, -0.05) is 0 Å². The van der Waals surface area contributed by atoms with Gasteiger partial charge in [-0.2, -0.15) is 0 Å². The molecule has 0 radical (unpaired) electrons. The second-order valence-electron chi connectivity index (χ2n) is 2.54. The normalized spacial score (nSPS) is 12.2. The zero-order valence-electron chi connectivity index (χ0n) is 7.11. The van der Waals surface area contributed by atoms with Crippen LogP contribution in [-0.2, 0) is 14.4 Å². The van der Waals surface area contributed by atoms with Crippen LogP contribution in [0.15, 0.2) is 0 Å². The van der Waals surface area contributed by atoms with Gasteiger partial charge in [-0.25, -0.2) is 0 Å². The lowest BCUT2D eigenvalue weighted by Crippen LogP contribution is -2.55. The molecule has 1 unspecified atom stereocenters. The Kier molecular flexibility index (Phi) is 3.86. The molecule has 7 heteroatoms. The Morgan fingerprint density at radius 3 is 1.77 bits per heavy atom. The van der Waals surface area contributed by atoms with Gasteiger partial charge in [0.15, 0.2) is 6.04 Å². The molecule has 0 fully saturated rings. The summed E-state index contributed by atoms with van der Waals surface area (Å²) in [6, 6.07) is -2.33. The van der Waals surface area contributed by atoms with E-state index >= 15 is 0 Å². The van der Waals surface area contributed by atoms with E-state index in [1.807, 2.05) is 5.32 Å². The van der Waals surface area contributed by atoms with Gasteiger partial charge in [-0.05, 0) is 6.92 Å². The van der Waals surface area contributed by atoms with Crippen molar-refractivity contribution in [2.75, 3.05) is 0 Å². The Labute approximate surface area is 74.6 Å². The Bertz CT molecular complexity index is 224. The highest BCUT2D eigenvalue weighted by atomic mass is 16.2. The lowest BCUT2D eigenvalue weighted by atomic mass is 10.2. The van der Waals surface area contributed by atoms with Crippen LogP contribution in [0.4, 0.5) is 0 Å². The molecule has 7 nitrogen and oxygen atoms in total. The minimum absolute atomic E-state index is 0.664. The topological polar surface area (TPSA) is 141 Å². The Morgan fingerprint density at radius 1 is 1.15 bits per heavy atom. The molecule has 1 atom stereocenters. The second-order valence-corrected chi connectivity index (χ2v) is 2.54. The summed E-state index contributed by atoms with van der Waals surface area (Å²) in [4.78, 5) is 32.0. The number of carbonyl (C=O) groups excluding carboxylic acids is 3. The SMILES string of the molecule is CC(N)C(=O)NC(C(N)=O)C(N)=O.